The molecule has 1 heterocycles. The largest absolute Gasteiger partial charge is 0.416 e. The number of hydrogen-bond acceptors (Lipinski definition) is 1. The Morgan fingerprint density at radius 1 is 1.06 bits per heavy atom. The summed E-state index contributed by atoms with van der Waals surface area (Å²) in [5.74, 6) is -0.103. The van der Waals surface area contributed by atoms with E-state index in [1.165, 1.54) is 12.1 Å². The Morgan fingerprint density at radius 3 is 2.22 bits per heavy atom. The summed E-state index contributed by atoms with van der Waals surface area (Å²) in [6, 6.07) is 5.48. The van der Waals surface area contributed by atoms with Crippen molar-refractivity contribution in [2.45, 2.75) is 25.9 Å². The van der Waals surface area contributed by atoms with Crippen molar-refractivity contribution >= 4 is 0 Å². The van der Waals surface area contributed by atoms with Gasteiger partial charge in [0.25, 0.3) is 0 Å². The molecule has 0 atom stereocenters. The molecule has 18 heavy (non-hydrogen) atoms. The van der Waals surface area contributed by atoms with Crippen molar-refractivity contribution < 1.29 is 13.2 Å². The summed E-state index contributed by atoms with van der Waals surface area (Å²) in [6.07, 6.45) is -0.453. The van der Waals surface area contributed by atoms with E-state index in [0.717, 1.165) is 17.5 Å². The maximum atomic E-state index is 12.6. The maximum absolute atomic E-state index is 12.6. The number of halogens is 3. The second-order valence-electron chi connectivity index (χ2n) is 4.47. The van der Waals surface area contributed by atoms with Crippen molar-refractivity contribution in [3.8, 4) is 0 Å². The average Bonchev–Trinajstić information content (AvgIpc) is 2.27. The van der Waals surface area contributed by atoms with Crippen LogP contribution >= 0.6 is 0 Å². The van der Waals surface area contributed by atoms with Crippen LogP contribution in [0.5, 0.6) is 0 Å². The van der Waals surface area contributed by atoms with E-state index in [1.807, 2.05) is 26.0 Å². The lowest BCUT2D eigenvalue weighted by Gasteiger charge is -2.20. The van der Waals surface area contributed by atoms with Gasteiger partial charge < -0.3 is 5.32 Å². The van der Waals surface area contributed by atoms with E-state index in [0.29, 0.717) is 5.56 Å². The topological polar surface area (TPSA) is 12.0 Å². The second-order valence-corrected chi connectivity index (χ2v) is 4.47. The molecule has 0 aromatic heterocycles. The summed E-state index contributed by atoms with van der Waals surface area (Å²) in [5, 5.41) is 3.12. The van der Waals surface area contributed by atoms with Crippen molar-refractivity contribution in [3.05, 3.63) is 58.9 Å². The lowest BCUT2D eigenvalue weighted by atomic mass is 9.93. The lowest BCUT2D eigenvalue weighted by molar-refractivity contribution is -0.137. The number of allylic oxidation sites excluding steroid dienone is 4. The van der Waals surface area contributed by atoms with Gasteiger partial charge in [0.2, 0.25) is 0 Å². The lowest BCUT2D eigenvalue weighted by Crippen LogP contribution is -2.15. The van der Waals surface area contributed by atoms with Crippen LogP contribution in [-0.4, -0.2) is 0 Å². The van der Waals surface area contributed by atoms with E-state index in [1.54, 1.807) is 6.07 Å². The van der Waals surface area contributed by atoms with Gasteiger partial charge in [-0.1, -0.05) is 30.4 Å². The zero-order valence-electron chi connectivity index (χ0n) is 10.2. The highest BCUT2D eigenvalue weighted by Gasteiger charge is 2.30. The molecule has 0 saturated carbocycles. The van der Waals surface area contributed by atoms with Crippen LogP contribution in [0, 0.1) is 0 Å². The summed E-state index contributed by atoms with van der Waals surface area (Å²) in [4.78, 5) is 0. The molecule has 0 spiro atoms. The van der Waals surface area contributed by atoms with Crippen LogP contribution in [0.4, 0.5) is 13.2 Å². The summed E-state index contributed by atoms with van der Waals surface area (Å²) >= 11 is 0. The van der Waals surface area contributed by atoms with Gasteiger partial charge in [-0.15, -0.1) is 0 Å². The summed E-state index contributed by atoms with van der Waals surface area (Å²) in [7, 11) is 0. The molecule has 1 nitrogen and oxygen atoms in total. The van der Waals surface area contributed by atoms with E-state index in [4.69, 9.17) is 0 Å². The van der Waals surface area contributed by atoms with Crippen LogP contribution < -0.4 is 5.32 Å². The first-order valence-corrected chi connectivity index (χ1v) is 5.67. The molecule has 0 radical (unpaired) electrons. The summed E-state index contributed by atoms with van der Waals surface area (Å²) in [5.41, 5.74) is 1.97. The van der Waals surface area contributed by atoms with Crippen molar-refractivity contribution in [2.24, 2.45) is 0 Å². The molecular weight excluding hydrogens is 239 g/mol. The molecule has 2 rings (SSSR count). The number of rotatable bonds is 1. The first-order valence-electron chi connectivity index (χ1n) is 5.67. The van der Waals surface area contributed by atoms with Crippen molar-refractivity contribution in [1.82, 2.24) is 5.32 Å². The third-order valence-electron chi connectivity index (χ3n) is 2.85. The summed E-state index contributed by atoms with van der Waals surface area (Å²) in [6.45, 7) is 3.80. The van der Waals surface area contributed by atoms with Crippen molar-refractivity contribution in [2.75, 3.05) is 0 Å². The highest BCUT2D eigenvalue weighted by Crippen LogP contribution is 2.32. The zero-order valence-corrected chi connectivity index (χ0v) is 10.2. The monoisotopic (exact) mass is 253 g/mol. The van der Waals surface area contributed by atoms with Crippen LogP contribution in [0.3, 0.4) is 0 Å². The second kappa shape index (κ2) is 4.52. The first-order chi connectivity index (χ1) is 8.36. The normalized spacial score (nSPS) is 16.9. The molecule has 0 saturated heterocycles. The molecule has 0 fully saturated rings. The molecule has 1 aromatic carbocycles. The molecule has 96 valence electrons. The van der Waals surface area contributed by atoms with Crippen LogP contribution in [-0.2, 0) is 6.18 Å². The van der Waals surface area contributed by atoms with Gasteiger partial charge in [-0.2, -0.15) is 13.2 Å². The number of dihydropyridines is 1. The first kappa shape index (κ1) is 12.7. The summed E-state index contributed by atoms with van der Waals surface area (Å²) < 4.78 is 37.9. The Labute approximate surface area is 104 Å². The van der Waals surface area contributed by atoms with Gasteiger partial charge in [-0.3, -0.25) is 0 Å². The molecule has 0 bridgehead atoms. The van der Waals surface area contributed by atoms with Crippen LogP contribution in [0.1, 0.15) is 30.9 Å². The van der Waals surface area contributed by atoms with Crippen molar-refractivity contribution in [3.63, 3.8) is 0 Å². The minimum Gasteiger partial charge on any atom is -0.363 e. The molecule has 1 aliphatic heterocycles. The van der Waals surface area contributed by atoms with Gasteiger partial charge in [0, 0.05) is 17.3 Å². The van der Waals surface area contributed by atoms with E-state index in [-0.39, 0.29) is 5.92 Å². The molecule has 1 aliphatic rings. The predicted octanol–water partition coefficient (Wildman–Crippen LogP) is 4.20. The van der Waals surface area contributed by atoms with Gasteiger partial charge in [-0.05, 0) is 25.5 Å². The Morgan fingerprint density at radius 2 is 1.67 bits per heavy atom. The third-order valence-corrected chi connectivity index (χ3v) is 2.85. The van der Waals surface area contributed by atoms with Gasteiger partial charge in [0.15, 0.2) is 0 Å². The fourth-order valence-corrected chi connectivity index (χ4v) is 2.10. The Bertz CT molecular complexity index is 494. The number of benzene rings is 1. The minimum absolute atomic E-state index is 0.103. The third kappa shape index (κ3) is 2.75. The van der Waals surface area contributed by atoms with E-state index < -0.39 is 11.7 Å². The highest BCUT2D eigenvalue weighted by molar-refractivity contribution is 5.37. The van der Waals surface area contributed by atoms with Gasteiger partial charge in [0.1, 0.15) is 0 Å². The molecule has 1 aromatic rings. The van der Waals surface area contributed by atoms with Crippen LogP contribution in [0.2, 0.25) is 0 Å². The predicted molar refractivity (Wildman–Crippen MR) is 64.8 cm³/mol. The SMILES string of the molecule is CC1=CC(c2cccc(C(F)(F)F)c2)C=C(C)N1. The van der Waals surface area contributed by atoms with E-state index in [2.05, 4.69) is 5.32 Å². The number of hydrogen-bond donors (Lipinski definition) is 1. The Balaban J connectivity index is 2.37. The Kier molecular flexibility index (Phi) is 3.20. The average molecular weight is 253 g/mol. The van der Waals surface area contributed by atoms with Crippen LogP contribution in [0.25, 0.3) is 0 Å². The quantitative estimate of drug-likeness (QED) is 0.791. The molecule has 0 unspecified atom stereocenters. The smallest absolute Gasteiger partial charge is 0.363 e. The fraction of sp³-hybridized carbons (Fsp3) is 0.286. The minimum atomic E-state index is -4.29. The van der Waals surface area contributed by atoms with Gasteiger partial charge >= 0.3 is 6.18 Å². The fourth-order valence-electron chi connectivity index (χ4n) is 2.10. The van der Waals surface area contributed by atoms with Crippen LogP contribution in [0.15, 0.2) is 47.8 Å². The van der Waals surface area contributed by atoms with E-state index in [9.17, 15) is 13.2 Å². The van der Waals surface area contributed by atoms with Gasteiger partial charge in [0.05, 0.1) is 5.56 Å². The number of alkyl halides is 3. The Hall–Kier alpha value is -1.71. The zero-order chi connectivity index (χ0) is 13.3. The van der Waals surface area contributed by atoms with Gasteiger partial charge in [-0.25, -0.2) is 0 Å². The number of nitrogens with one attached hydrogen (secondary N) is 1. The molecular formula is C14H14F3N. The molecule has 0 amide bonds. The maximum Gasteiger partial charge on any atom is 0.416 e. The highest BCUT2D eigenvalue weighted by atomic mass is 19.4. The molecule has 0 aliphatic carbocycles. The van der Waals surface area contributed by atoms with Crippen molar-refractivity contribution in [1.29, 1.82) is 0 Å². The molecule has 4 heteroatoms. The standard InChI is InChI=1S/C14H14F3N/c1-9-6-12(7-10(2)18-9)11-4-3-5-13(8-11)14(15,16)17/h3-8,12,18H,1-2H3. The molecule has 1 N–H and O–H groups in total. The van der Waals surface area contributed by atoms with E-state index >= 15 is 0 Å².